The van der Waals surface area contributed by atoms with E-state index in [-0.39, 0.29) is 0 Å². The molecule has 150 valence electrons. The molecule has 4 rings (SSSR count). The minimum Gasteiger partial charge on any atom is -0.207 e. The van der Waals surface area contributed by atoms with Gasteiger partial charge in [-0.15, -0.1) is 0 Å². The fraction of sp³-hybridized carbons (Fsp3) is 0.280. The predicted molar refractivity (Wildman–Crippen MR) is 119 cm³/mol. The second-order valence-corrected chi connectivity index (χ2v) is 10.0. The molecule has 0 radical (unpaired) electrons. The first-order valence-corrected chi connectivity index (χ1v) is 11.5. The summed E-state index contributed by atoms with van der Waals surface area (Å²) < 4.78 is 28.4. The van der Waals surface area contributed by atoms with E-state index in [1.807, 2.05) is 32.9 Å². The minimum atomic E-state index is -3.52. The third kappa shape index (κ3) is 3.75. The van der Waals surface area contributed by atoms with Crippen molar-refractivity contribution in [3.05, 3.63) is 88.0 Å². The van der Waals surface area contributed by atoms with Gasteiger partial charge in [0.1, 0.15) is 0 Å². The average Bonchev–Trinajstić information content (AvgIpc) is 2.66. The van der Waals surface area contributed by atoms with E-state index in [2.05, 4.69) is 49.4 Å². The van der Waals surface area contributed by atoms with Gasteiger partial charge in [0.2, 0.25) is 10.0 Å². The molecule has 0 aromatic heterocycles. The number of hydrogen-bond donors (Lipinski definition) is 0. The van der Waals surface area contributed by atoms with E-state index in [0.717, 1.165) is 28.7 Å². The fourth-order valence-electron chi connectivity index (χ4n) is 4.44. The highest BCUT2D eigenvalue weighted by molar-refractivity contribution is 7.89. The quantitative estimate of drug-likeness (QED) is 0.590. The molecule has 0 saturated heterocycles. The van der Waals surface area contributed by atoms with Crippen molar-refractivity contribution in [1.82, 2.24) is 4.31 Å². The molecule has 1 aliphatic rings. The molecule has 3 aromatic rings. The third-order valence-electron chi connectivity index (χ3n) is 5.74. The van der Waals surface area contributed by atoms with Crippen molar-refractivity contribution in [2.45, 2.75) is 45.6 Å². The van der Waals surface area contributed by atoms with E-state index in [1.165, 1.54) is 22.3 Å². The van der Waals surface area contributed by atoms with Crippen molar-refractivity contribution in [3.63, 3.8) is 0 Å². The Balaban J connectivity index is 1.66. The molecular weight excluding hydrogens is 378 g/mol. The van der Waals surface area contributed by atoms with Gasteiger partial charge in [0.15, 0.2) is 0 Å². The molecule has 3 aromatic carbocycles. The summed E-state index contributed by atoms with van der Waals surface area (Å²) >= 11 is 0. The Morgan fingerprint density at radius 1 is 0.759 bits per heavy atom. The molecule has 0 N–H and O–H groups in total. The van der Waals surface area contributed by atoms with Crippen LogP contribution in [0.25, 0.3) is 11.1 Å². The van der Waals surface area contributed by atoms with Gasteiger partial charge in [-0.05, 0) is 67.5 Å². The van der Waals surface area contributed by atoms with Gasteiger partial charge < -0.3 is 0 Å². The Labute approximate surface area is 174 Å². The van der Waals surface area contributed by atoms with E-state index in [4.69, 9.17) is 0 Å². The maximum atomic E-state index is 13.4. The number of nitrogens with zero attached hydrogens (tertiary/aromatic N) is 1. The molecule has 1 heterocycles. The molecule has 0 amide bonds. The zero-order valence-corrected chi connectivity index (χ0v) is 18.3. The zero-order valence-electron chi connectivity index (χ0n) is 17.5. The van der Waals surface area contributed by atoms with Gasteiger partial charge in [0.25, 0.3) is 0 Å². The first kappa shape index (κ1) is 19.9. The molecule has 1 aliphatic heterocycles. The number of hydrogen-bond acceptors (Lipinski definition) is 2. The van der Waals surface area contributed by atoms with Crippen molar-refractivity contribution in [1.29, 1.82) is 0 Å². The molecule has 0 bridgehead atoms. The van der Waals surface area contributed by atoms with Crippen LogP contribution in [-0.2, 0) is 23.0 Å². The predicted octanol–water partition coefficient (Wildman–Crippen LogP) is 5.33. The van der Waals surface area contributed by atoms with Crippen molar-refractivity contribution < 1.29 is 8.42 Å². The Morgan fingerprint density at radius 2 is 1.45 bits per heavy atom. The summed E-state index contributed by atoms with van der Waals surface area (Å²) in [6.07, 6.45) is 0.734. The molecule has 0 atom stereocenters. The fourth-order valence-corrected chi connectivity index (χ4v) is 6.27. The topological polar surface area (TPSA) is 37.4 Å². The summed E-state index contributed by atoms with van der Waals surface area (Å²) in [7, 11) is -3.52. The largest absolute Gasteiger partial charge is 0.243 e. The van der Waals surface area contributed by atoms with Gasteiger partial charge in [0.05, 0.1) is 4.90 Å². The van der Waals surface area contributed by atoms with Gasteiger partial charge in [-0.1, -0.05) is 65.7 Å². The molecule has 0 aliphatic carbocycles. The van der Waals surface area contributed by atoms with Crippen LogP contribution >= 0.6 is 0 Å². The standard InChI is InChI=1S/C25H27NO2S/c1-17-6-5-7-21(14-17)22-8-9-24-16-26(11-10-23(24)15-22)29(27,28)25-19(3)12-18(2)13-20(25)4/h5-9,12-15H,10-11,16H2,1-4H3. The molecule has 0 fully saturated rings. The third-order valence-corrected chi connectivity index (χ3v) is 7.89. The van der Waals surface area contributed by atoms with Gasteiger partial charge in [-0.3, -0.25) is 0 Å². The van der Waals surface area contributed by atoms with E-state index >= 15 is 0 Å². The number of benzene rings is 3. The average molecular weight is 406 g/mol. The van der Waals surface area contributed by atoms with Crippen LogP contribution in [0.3, 0.4) is 0 Å². The van der Waals surface area contributed by atoms with Crippen LogP contribution in [-0.4, -0.2) is 19.3 Å². The summed E-state index contributed by atoms with van der Waals surface area (Å²) in [6.45, 7) is 8.81. The lowest BCUT2D eigenvalue weighted by Gasteiger charge is -2.29. The highest BCUT2D eigenvalue weighted by Gasteiger charge is 2.30. The van der Waals surface area contributed by atoms with Crippen LogP contribution in [0.15, 0.2) is 59.5 Å². The molecule has 0 saturated carbocycles. The van der Waals surface area contributed by atoms with Crippen molar-refractivity contribution in [3.8, 4) is 11.1 Å². The van der Waals surface area contributed by atoms with Crippen LogP contribution in [0.5, 0.6) is 0 Å². The van der Waals surface area contributed by atoms with E-state index in [9.17, 15) is 8.42 Å². The highest BCUT2D eigenvalue weighted by atomic mass is 32.2. The molecule has 0 unspecified atom stereocenters. The van der Waals surface area contributed by atoms with Gasteiger partial charge in [0, 0.05) is 13.1 Å². The summed E-state index contributed by atoms with van der Waals surface area (Å²) in [4.78, 5) is 0.461. The first-order chi connectivity index (χ1) is 13.8. The smallest absolute Gasteiger partial charge is 0.207 e. The normalized spacial score (nSPS) is 14.6. The molecule has 4 heteroatoms. The monoisotopic (exact) mass is 405 g/mol. The Hall–Kier alpha value is -2.43. The lowest BCUT2D eigenvalue weighted by molar-refractivity contribution is 0.391. The number of sulfonamides is 1. The zero-order chi connectivity index (χ0) is 20.8. The van der Waals surface area contributed by atoms with Crippen LogP contribution in [0, 0.1) is 27.7 Å². The minimum absolute atomic E-state index is 0.429. The Morgan fingerprint density at radius 3 is 2.14 bits per heavy atom. The van der Waals surface area contributed by atoms with E-state index < -0.39 is 10.0 Å². The molecule has 3 nitrogen and oxygen atoms in total. The first-order valence-electron chi connectivity index (χ1n) is 10.0. The van der Waals surface area contributed by atoms with Crippen LogP contribution in [0.4, 0.5) is 0 Å². The highest BCUT2D eigenvalue weighted by Crippen LogP contribution is 2.31. The Bertz CT molecular complexity index is 1170. The number of rotatable bonds is 3. The van der Waals surface area contributed by atoms with Crippen molar-refractivity contribution >= 4 is 10.0 Å². The summed E-state index contributed by atoms with van der Waals surface area (Å²) in [6, 6.07) is 18.8. The van der Waals surface area contributed by atoms with Gasteiger partial charge >= 0.3 is 0 Å². The van der Waals surface area contributed by atoms with E-state index in [0.29, 0.717) is 18.0 Å². The molecule has 29 heavy (non-hydrogen) atoms. The van der Waals surface area contributed by atoms with E-state index in [1.54, 1.807) is 4.31 Å². The lowest BCUT2D eigenvalue weighted by atomic mass is 9.95. The maximum absolute atomic E-state index is 13.4. The Kier molecular flexibility index (Phi) is 5.09. The van der Waals surface area contributed by atoms with Gasteiger partial charge in [-0.25, -0.2) is 8.42 Å². The summed E-state index contributed by atoms with van der Waals surface area (Å²) in [5.74, 6) is 0. The number of aryl methyl sites for hydroxylation is 4. The second kappa shape index (κ2) is 7.43. The molecular formula is C25H27NO2S. The SMILES string of the molecule is Cc1cccc(-c2ccc3c(c2)CCN(S(=O)(=O)c2c(C)cc(C)cc2C)C3)c1. The van der Waals surface area contributed by atoms with Crippen LogP contribution < -0.4 is 0 Å². The maximum Gasteiger partial charge on any atom is 0.243 e. The second-order valence-electron chi connectivity index (χ2n) is 8.17. The van der Waals surface area contributed by atoms with Crippen molar-refractivity contribution in [2.24, 2.45) is 0 Å². The van der Waals surface area contributed by atoms with Crippen molar-refractivity contribution in [2.75, 3.05) is 6.54 Å². The van der Waals surface area contributed by atoms with Crippen LogP contribution in [0.1, 0.15) is 33.4 Å². The summed E-state index contributed by atoms with van der Waals surface area (Å²) in [5.41, 5.74) is 8.70. The van der Waals surface area contributed by atoms with Crippen LogP contribution in [0.2, 0.25) is 0 Å². The summed E-state index contributed by atoms with van der Waals surface area (Å²) in [5, 5.41) is 0. The lowest BCUT2D eigenvalue weighted by Crippen LogP contribution is -2.36. The molecule has 0 spiro atoms. The number of fused-ring (bicyclic) bond motifs is 1. The van der Waals surface area contributed by atoms with Gasteiger partial charge in [-0.2, -0.15) is 4.31 Å².